The Labute approximate surface area is 222 Å². The molecule has 0 aliphatic heterocycles. The number of nitrogens with one attached hydrogen (secondary N) is 1. The molecular weight excluding hydrogens is 508 g/mol. The predicted molar refractivity (Wildman–Crippen MR) is 148 cm³/mol. The number of hydrogen-bond donors (Lipinski definition) is 2. The average Bonchev–Trinajstić information content (AvgIpc) is 2.88. The fourth-order valence-corrected chi connectivity index (χ4v) is 4.70. The second kappa shape index (κ2) is 11.5. The van der Waals surface area contributed by atoms with Crippen LogP contribution in [0.5, 0.6) is 5.75 Å². The number of sulfonamides is 1. The number of ether oxygens (including phenoxy) is 1. The molecule has 0 fully saturated rings. The first-order valence-electron chi connectivity index (χ1n) is 11.6. The smallest absolute Gasteiger partial charge is 0.285 e. The van der Waals surface area contributed by atoms with E-state index >= 15 is 0 Å². The number of guanidine groups is 1. The molecule has 0 aliphatic rings. The van der Waals surface area contributed by atoms with E-state index in [1.54, 1.807) is 24.4 Å². The van der Waals surface area contributed by atoms with E-state index in [9.17, 15) is 8.42 Å². The first-order chi connectivity index (χ1) is 17.7. The third kappa shape index (κ3) is 6.87. The van der Waals surface area contributed by atoms with Gasteiger partial charge >= 0.3 is 0 Å². The van der Waals surface area contributed by atoms with Crippen LogP contribution >= 0.6 is 11.6 Å². The van der Waals surface area contributed by atoms with Gasteiger partial charge in [0.05, 0.1) is 16.7 Å². The van der Waals surface area contributed by atoms with Gasteiger partial charge < -0.3 is 15.8 Å². The van der Waals surface area contributed by atoms with Crippen LogP contribution in [0.2, 0.25) is 5.02 Å². The largest absolute Gasteiger partial charge is 0.491 e. The summed E-state index contributed by atoms with van der Waals surface area (Å²) in [6.07, 6.45) is 1.79. The molecule has 3 aromatic carbocycles. The first-order valence-corrected chi connectivity index (χ1v) is 13.4. The molecule has 4 rings (SSSR count). The third-order valence-electron chi connectivity index (χ3n) is 5.33. The molecule has 0 spiro atoms. The van der Waals surface area contributed by atoms with Crippen molar-refractivity contribution in [1.29, 1.82) is 0 Å². The van der Waals surface area contributed by atoms with E-state index in [1.807, 2.05) is 68.4 Å². The number of rotatable bonds is 8. The second-order valence-corrected chi connectivity index (χ2v) is 10.6. The highest BCUT2D eigenvalue weighted by Crippen LogP contribution is 2.33. The zero-order chi connectivity index (χ0) is 26.4. The summed E-state index contributed by atoms with van der Waals surface area (Å²) >= 11 is 6.09. The highest BCUT2D eigenvalue weighted by atomic mass is 35.5. The van der Waals surface area contributed by atoms with Crippen LogP contribution in [0.3, 0.4) is 0 Å². The molecule has 0 radical (unpaired) electrons. The summed E-state index contributed by atoms with van der Waals surface area (Å²) in [6.45, 7) is 4.19. The highest BCUT2D eigenvalue weighted by Gasteiger charge is 2.14. The summed E-state index contributed by atoms with van der Waals surface area (Å²) in [7, 11) is -3.91. The van der Waals surface area contributed by atoms with Gasteiger partial charge in [0.1, 0.15) is 5.75 Å². The van der Waals surface area contributed by atoms with Crippen LogP contribution in [0.4, 0.5) is 0 Å². The minimum absolute atomic E-state index is 0.0703. The monoisotopic (exact) mass is 534 g/mol. The molecule has 4 aromatic rings. The van der Waals surface area contributed by atoms with Gasteiger partial charge in [0.2, 0.25) is 5.96 Å². The summed E-state index contributed by atoms with van der Waals surface area (Å²) < 4.78 is 34.4. The van der Waals surface area contributed by atoms with Crippen molar-refractivity contribution in [2.75, 3.05) is 0 Å². The van der Waals surface area contributed by atoms with Crippen molar-refractivity contribution in [3.05, 3.63) is 102 Å². The molecule has 0 saturated carbocycles. The summed E-state index contributed by atoms with van der Waals surface area (Å²) in [4.78, 5) is 4.78. The number of nitrogens with two attached hydrogens (primary N) is 1. The first kappa shape index (κ1) is 26.2. The van der Waals surface area contributed by atoms with Gasteiger partial charge in [-0.15, -0.1) is 4.40 Å². The van der Waals surface area contributed by atoms with Gasteiger partial charge in [0.25, 0.3) is 10.0 Å². The molecule has 0 bridgehead atoms. The molecule has 1 heterocycles. The van der Waals surface area contributed by atoms with Crippen LogP contribution in [0.25, 0.3) is 22.4 Å². The summed E-state index contributed by atoms with van der Waals surface area (Å²) in [5, 5.41) is 3.51. The Kier molecular flexibility index (Phi) is 8.11. The van der Waals surface area contributed by atoms with Crippen molar-refractivity contribution in [3.8, 4) is 28.1 Å². The molecule has 1 aromatic heterocycles. The molecule has 9 heteroatoms. The fourth-order valence-electron chi connectivity index (χ4n) is 3.65. The van der Waals surface area contributed by atoms with Crippen molar-refractivity contribution in [2.45, 2.75) is 31.4 Å². The molecule has 7 nitrogen and oxygen atoms in total. The van der Waals surface area contributed by atoms with E-state index in [-0.39, 0.29) is 23.5 Å². The molecule has 0 atom stereocenters. The number of hydrogen-bond acceptors (Lipinski definition) is 4. The number of pyridine rings is 1. The van der Waals surface area contributed by atoms with Crippen molar-refractivity contribution >= 4 is 27.6 Å². The Bertz CT molecular complexity index is 1490. The van der Waals surface area contributed by atoms with E-state index < -0.39 is 10.0 Å². The molecular formula is C28H27ClN4O3S. The quantitative estimate of drug-likeness (QED) is 0.223. The van der Waals surface area contributed by atoms with Crippen molar-refractivity contribution in [2.24, 2.45) is 10.1 Å². The number of aromatic nitrogens is 1. The molecule has 37 heavy (non-hydrogen) atoms. The minimum Gasteiger partial charge on any atom is -0.491 e. The van der Waals surface area contributed by atoms with E-state index in [0.717, 1.165) is 33.7 Å². The Hall–Kier alpha value is -3.88. The molecule has 0 aliphatic carbocycles. The molecule has 0 unspecified atom stereocenters. The lowest BCUT2D eigenvalue weighted by molar-refractivity contribution is 0.242. The number of benzene rings is 3. The maximum Gasteiger partial charge on any atom is 0.285 e. The van der Waals surface area contributed by atoms with Crippen LogP contribution in [0.15, 0.2) is 100 Å². The Morgan fingerprint density at radius 2 is 1.65 bits per heavy atom. The zero-order valence-electron chi connectivity index (χ0n) is 20.4. The second-order valence-electron chi connectivity index (χ2n) is 8.56. The highest BCUT2D eigenvalue weighted by molar-refractivity contribution is 7.90. The predicted octanol–water partition coefficient (Wildman–Crippen LogP) is 5.65. The number of nitrogens with zero attached hydrogens (tertiary/aromatic N) is 2. The maximum absolute atomic E-state index is 12.5. The minimum atomic E-state index is -3.91. The topological polar surface area (TPSA) is 107 Å². The van der Waals surface area contributed by atoms with Gasteiger partial charge in [-0.3, -0.25) is 4.98 Å². The van der Waals surface area contributed by atoms with Gasteiger partial charge in [0, 0.05) is 28.9 Å². The van der Waals surface area contributed by atoms with Crippen LogP contribution in [0, 0.1) is 0 Å². The van der Waals surface area contributed by atoms with E-state index in [4.69, 9.17) is 27.1 Å². The van der Waals surface area contributed by atoms with Gasteiger partial charge in [0.15, 0.2) is 0 Å². The Morgan fingerprint density at radius 3 is 2.30 bits per heavy atom. The van der Waals surface area contributed by atoms with Crippen LogP contribution < -0.4 is 15.8 Å². The molecule has 3 N–H and O–H groups in total. The van der Waals surface area contributed by atoms with Gasteiger partial charge in [-0.25, -0.2) is 0 Å². The standard InChI is InChI=1S/C28H27ClN4O3S/c1-19(2)36-24-14-10-21(11-15-24)26-16-20(17-31-27(26)22-8-12-23(29)13-9-22)18-32-28(30)33-37(34,35)25-6-4-3-5-7-25/h3-17,19H,18H2,1-2H3,(H3,30,32,33). The van der Waals surface area contributed by atoms with Crippen molar-refractivity contribution < 1.29 is 13.2 Å². The lowest BCUT2D eigenvalue weighted by Crippen LogP contribution is -2.32. The lowest BCUT2D eigenvalue weighted by atomic mass is 9.97. The van der Waals surface area contributed by atoms with Crippen LogP contribution in [-0.2, 0) is 16.6 Å². The third-order valence-corrected chi connectivity index (χ3v) is 6.89. The SMILES string of the molecule is CC(C)Oc1ccc(-c2cc(CNC(N)=NS(=O)(=O)c3ccccc3)cnc2-c2ccc(Cl)cc2)cc1. The van der Waals surface area contributed by atoms with E-state index in [2.05, 4.69) is 9.71 Å². The van der Waals surface area contributed by atoms with Crippen LogP contribution in [-0.4, -0.2) is 25.5 Å². The normalized spacial score (nSPS) is 11.9. The molecule has 0 amide bonds. The summed E-state index contributed by atoms with van der Waals surface area (Å²) in [5.74, 6) is 0.573. The van der Waals surface area contributed by atoms with Gasteiger partial charge in [-0.1, -0.05) is 54.1 Å². The Morgan fingerprint density at radius 1 is 1.00 bits per heavy atom. The fraction of sp³-hybridized carbons (Fsp3) is 0.143. The lowest BCUT2D eigenvalue weighted by Gasteiger charge is -2.14. The Balaban J connectivity index is 1.62. The zero-order valence-corrected chi connectivity index (χ0v) is 22.0. The average molecular weight is 535 g/mol. The van der Waals surface area contributed by atoms with Crippen molar-refractivity contribution in [3.63, 3.8) is 0 Å². The molecule has 0 saturated heterocycles. The maximum atomic E-state index is 12.5. The van der Waals surface area contributed by atoms with Crippen molar-refractivity contribution in [1.82, 2.24) is 10.3 Å². The summed E-state index contributed by atoms with van der Waals surface area (Å²) in [5.41, 5.74) is 10.2. The van der Waals surface area contributed by atoms with E-state index in [1.165, 1.54) is 12.1 Å². The number of halogens is 1. The van der Waals surface area contributed by atoms with E-state index in [0.29, 0.717) is 5.02 Å². The van der Waals surface area contributed by atoms with Gasteiger partial charge in [-0.05, 0) is 67.4 Å². The van der Waals surface area contributed by atoms with Crippen LogP contribution in [0.1, 0.15) is 19.4 Å². The van der Waals surface area contributed by atoms with Gasteiger partial charge in [-0.2, -0.15) is 8.42 Å². The molecule has 190 valence electrons. The summed E-state index contributed by atoms with van der Waals surface area (Å²) in [6, 6.07) is 25.2.